The molecule has 0 radical (unpaired) electrons. The van der Waals surface area contributed by atoms with Crippen molar-refractivity contribution < 1.29 is 9.13 Å². The summed E-state index contributed by atoms with van der Waals surface area (Å²) in [6.07, 6.45) is 5.16. The number of benzene rings is 2. The Kier molecular flexibility index (Phi) is 4.69. The highest BCUT2D eigenvalue weighted by molar-refractivity contribution is 5.81. The summed E-state index contributed by atoms with van der Waals surface area (Å²) >= 11 is 0. The Balaban J connectivity index is 1.58. The number of halogens is 1. The van der Waals surface area contributed by atoms with Crippen LogP contribution >= 0.6 is 0 Å². The van der Waals surface area contributed by atoms with Gasteiger partial charge in [0, 0.05) is 23.9 Å². The second-order valence-corrected chi connectivity index (χ2v) is 7.27. The van der Waals surface area contributed by atoms with E-state index < -0.39 is 0 Å². The summed E-state index contributed by atoms with van der Waals surface area (Å²) in [6, 6.07) is 16.1. The fourth-order valence-electron chi connectivity index (χ4n) is 3.79. The predicted molar refractivity (Wildman–Crippen MR) is 110 cm³/mol. The van der Waals surface area contributed by atoms with E-state index in [1.54, 1.807) is 18.3 Å². The Morgan fingerprint density at radius 3 is 2.69 bits per heavy atom. The summed E-state index contributed by atoms with van der Waals surface area (Å²) < 4.78 is 19.4. The van der Waals surface area contributed by atoms with Gasteiger partial charge in [0.2, 0.25) is 0 Å². The van der Waals surface area contributed by atoms with Crippen molar-refractivity contribution in [3.8, 4) is 23.0 Å². The molecule has 0 amide bonds. The molecule has 5 nitrogen and oxygen atoms in total. The van der Waals surface area contributed by atoms with Gasteiger partial charge in [-0.3, -0.25) is 4.98 Å². The van der Waals surface area contributed by atoms with Gasteiger partial charge in [-0.2, -0.15) is 0 Å². The number of nitrogens with one attached hydrogen (secondary N) is 2. The molecule has 2 aromatic heterocycles. The lowest BCUT2D eigenvalue weighted by molar-refractivity contribution is 0.394. The summed E-state index contributed by atoms with van der Waals surface area (Å²) in [5, 5.41) is 3.59. The lowest BCUT2D eigenvalue weighted by Gasteiger charge is -2.25. The number of imidazole rings is 1. The van der Waals surface area contributed by atoms with E-state index in [1.165, 1.54) is 25.0 Å². The van der Waals surface area contributed by atoms with Crippen molar-refractivity contribution >= 4 is 11.0 Å². The second-order valence-electron chi connectivity index (χ2n) is 7.27. The van der Waals surface area contributed by atoms with Crippen LogP contribution in [0.5, 0.6) is 11.5 Å². The van der Waals surface area contributed by atoms with Crippen LogP contribution in [0, 0.1) is 5.82 Å². The fourth-order valence-corrected chi connectivity index (χ4v) is 3.79. The topological polar surface area (TPSA) is 62.8 Å². The first kappa shape index (κ1) is 17.8. The normalized spacial score (nSPS) is 16.8. The van der Waals surface area contributed by atoms with Crippen molar-refractivity contribution in [1.82, 2.24) is 20.3 Å². The Morgan fingerprint density at radius 1 is 1.03 bits per heavy atom. The SMILES string of the molecule is Fc1ccc(Oc2cc3nc(-c4ccccn4)[nH]c3cc2C2CCCCN2)cc1. The number of H-pyrrole nitrogens is 1. The quantitative estimate of drug-likeness (QED) is 0.493. The molecule has 0 bridgehead atoms. The zero-order valence-corrected chi connectivity index (χ0v) is 15.9. The highest BCUT2D eigenvalue weighted by Gasteiger charge is 2.21. The predicted octanol–water partition coefficient (Wildman–Crippen LogP) is 5.37. The average Bonchev–Trinajstić information content (AvgIpc) is 3.19. The molecular weight excluding hydrogens is 367 g/mol. The number of ether oxygens (including phenoxy) is 1. The minimum atomic E-state index is -0.283. The molecule has 2 N–H and O–H groups in total. The molecule has 3 heterocycles. The molecular formula is C23H21FN4O. The smallest absolute Gasteiger partial charge is 0.157 e. The number of rotatable bonds is 4. The minimum Gasteiger partial charge on any atom is -0.457 e. The van der Waals surface area contributed by atoms with Crippen LogP contribution in [0.1, 0.15) is 30.9 Å². The standard InChI is InChI=1S/C23H21FN4O/c24-15-7-9-16(10-8-15)29-22-14-21-20(13-17(22)18-5-1-3-11-25-18)27-23(28-21)19-6-2-4-12-26-19/h2,4,6-10,12-14,18,25H,1,3,5,11H2,(H,27,28). The van der Waals surface area contributed by atoms with Crippen LogP contribution in [-0.2, 0) is 0 Å². The second kappa shape index (κ2) is 7.64. The average molecular weight is 388 g/mol. The summed E-state index contributed by atoms with van der Waals surface area (Å²) in [7, 11) is 0. The van der Waals surface area contributed by atoms with Gasteiger partial charge in [0.1, 0.15) is 23.0 Å². The van der Waals surface area contributed by atoms with E-state index >= 15 is 0 Å². The molecule has 1 aliphatic heterocycles. The van der Waals surface area contributed by atoms with E-state index in [2.05, 4.69) is 21.4 Å². The van der Waals surface area contributed by atoms with Crippen LogP contribution in [0.15, 0.2) is 60.8 Å². The molecule has 5 rings (SSSR count). The van der Waals surface area contributed by atoms with Gasteiger partial charge in [0.25, 0.3) is 0 Å². The number of hydrogen-bond donors (Lipinski definition) is 2. The molecule has 1 unspecified atom stereocenters. The zero-order chi connectivity index (χ0) is 19.6. The van der Waals surface area contributed by atoms with Crippen LogP contribution in [0.2, 0.25) is 0 Å². The first-order valence-corrected chi connectivity index (χ1v) is 9.88. The van der Waals surface area contributed by atoms with Crippen molar-refractivity contribution in [2.75, 3.05) is 6.54 Å². The van der Waals surface area contributed by atoms with Crippen LogP contribution < -0.4 is 10.1 Å². The lowest BCUT2D eigenvalue weighted by atomic mass is 9.96. The number of piperidine rings is 1. The molecule has 4 aromatic rings. The summed E-state index contributed by atoms with van der Waals surface area (Å²) in [5.74, 6) is 1.78. The van der Waals surface area contributed by atoms with E-state index in [9.17, 15) is 4.39 Å². The Labute approximate surface area is 168 Å². The third-order valence-electron chi connectivity index (χ3n) is 5.25. The van der Waals surface area contributed by atoms with Gasteiger partial charge >= 0.3 is 0 Å². The maximum atomic E-state index is 13.3. The summed E-state index contributed by atoms with van der Waals surface area (Å²) in [4.78, 5) is 12.5. The fraction of sp³-hybridized carbons (Fsp3) is 0.217. The molecule has 1 aliphatic rings. The Hall–Kier alpha value is -3.25. The van der Waals surface area contributed by atoms with E-state index in [1.807, 2.05) is 24.3 Å². The van der Waals surface area contributed by atoms with Gasteiger partial charge in [0.15, 0.2) is 5.82 Å². The van der Waals surface area contributed by atoms with Crippen LogP contribution in [0.3, 0.4) is 0 Å². The largest absolute Gasteiger partial charge is 0.457 e. The summed E-state index contributed by atoms with van der Waals surface area (Å²) in [6.45, 7) is 0.987. The number of hydrogen-bond acceptors (Lipinski definition) is 4. The third kappa shape index (κ3) is 3.71. The van der Waals surface area contributed by atoms with E-state index in [4.69, 9.17) is 9.72 Å². The Morgan fingerprint density at radius 2 is 1.93 bits per heavy atom. The number of fused-ring (bicyclic) bond motifs is 1. The molecule has 0 spiro atoms. The minimum absolute atomic E-state index is 0.213. The molecule has 0 aliphatic carbocycles. The maximum absolute atomic E-state index is 13.3. The first-order valence-electron chi connectivity index (χ1n) is 9.88. The molecule has 1 atom stereocenters. The van der Waals surface area contributed by atoms with Crippen molar-refractivity contribution in [2.45, 2.75) is 25.3 Å². The monoisotopic (exact) mass is 388 g/mol. The number of aromatic nitrogens is 3. The highest BCUT2D eigenvalue weighted by Crippen LogP contribution is 2.36. The van der Waals surface area contributed by atoms with Gasteiger partial charge in [-0.15, -0.1) is 0 Å². The van der Waals surface area contributed by atoms with E-state index in [0.717, 1.165) is 46.8 Å². The van der Waals surface area contributed by atoms with Gasteiger partial charge in [-0.25, -0.2) is 9.37 Å². The molecule has 1 fully saturated rings. The number of aromatic amines is 1. The number of pyridine rings is 1. The number of nitrogens with zero attached hydrogens (tertiary/aromatic N) is 2. The molecule has 6 heteroatoms. The van der Waals surface area contributed by atoms with Crippen LogP contribution in [-0.4, -0.2) is 21.5 Å². The van der Waals surface area contributed by atoms with Crippen molar-refractivity contribution in [3.63, 3.8) is 0 Å². The van der Waals surface area contributed by atoms with Gasteiger partial charge in [0.05, 0.1) is 11.0 Å². The molecule has 0 saturated carbocycles. The van der Waals surface area contributed by atoms with Crippen molar-refractivity contribution in [2.24, 2.45) is 0 Å². The highest BCUT2D eigenvalue weighted by atomic mass is 19.1. The summed E-state index contributed by atoms with van der Waals surface area (Å²) in [5.41, 5.74) is 3.63. The van der Waals surface area contributed by atoms with Gasteiger partial charge in [-0.05, 0) is 61.9 Å². The van der Waals surface area contributed by atoms with E-state index in [0.29, 0.717) is 5.75 Å². The van der Waals surface area contributed by atoms with Crippen molar-refractivity contribution in [1.29, 1.82) is 0 Å². The van der Waals surface area contributed by atoms with Crippen LogP contribution in [0.25, 0.3) is 22.6 Å². The van der Waals surface area contributed by atoms with Gasteiger partial charge < -0.3 is 15.0 Å². The molecule has 1 saturated heterocycles. The van der Waals surface area contributed by atoms with Crippen LogP contribution in [0.4, 0.5) is 4.39 Å². The van der Waals surface area contributed by atoms with E-state index in [-0.39, 0.29) is 11.9 Å². The maximum Gasteiger partial charge on any atom is 0.157 e. The molecule has 2 aromatic carbocycles. The van der Waals surface area contributed by atoms with Crippen molar-refractivity contribution in [3.05, 3.63) is 72.2 Å². The van der Waals surface area contributed by atoms with Gasteiger partial charge in [-0.1, -0.05) is 12.5 Å². The molecule has 146 valence electrons. The lowest BCUT2D eigenvalue weighted by Crippen LogP contribution is -2.27. The molecule has 29 heavy (non-hydrogen) atoms. The zero-order valence-electron chi connectivity index (χ0n) is 15.9. The first-order chi connectivity index (χ1) is 14.3. The Bertz CT molecular complexity index is 1120. The third-order valence-corrected chi connectivity index (χ3v) is 5.25.